The number of alkyl halides is 3. The number of aliphatic hydroxyl groups is 1. The van der Waals surface area contributed by atoms with Gasteiger partial charge in [-0.2, -0.15) is 17.5 Å². The van der Waals surface area contributed by atoms with Crippen molar-refractivity contribution < 1.29 is 31.5 Å². The number of amides is 1. The number of aryl methyl sites for hydroxylation is 1. The summed E-state index contributed by atoms with van der Waals surface area (Å²) in [5.74, 6) is -0.913. The van der Waals surface area contributed by atoms with Gasteiger partial charge < -0.3 is 15.4 Å². The van der Waals surface area contributed by atoms with Gasteiger partial charge in [0.25, 0.3) is 5.91 Å². The summed E-state index contributed by atoms with van der Waals surface area (Å²) >= 11 is 0. The zero-order chi connectivity index (χ0) is 16.4. The lowest BCUT2D eigenvalue weighted by atomic mass is 10.4. The number of nitrogens with two attached hydrogens (primary N) is 1. The summed E-state index contributed by atoms with van der Waals surface area (Å²) in [7, 11) is -3.17. The summed E-state index contributed by atoms with van der Waals surface area (Å²) in [6.07, 6.45) is -3.78. The van der Waals surface area contributed by atoms with E-state index in [0.29, 0.717) is 0 Å². The van der Waals surface area contributed by atoms with E-state index in [-0.39, 0.29) is 10.00 Å². The molecule has 0 aromatic carbocycles. The van der Waals surface area contributed by atoms with Gasteiger partial charge in [-0.1, -0.05) is 0 Å². The van der Waals surface area contributed by atoms with E-state index in [1.54, 1.807) is 0 Å². The highest BCUT2D eigenvalue weighted by Gasteiger charge is 2.37. The van der Waals surface area contributed by atoms with E-state index in [0.717, 1.165) is 16.8 Å². The molecular formula is C10H14F3N3O4S. The van der Waals surface area contributed by atoms with Crippen molar-refractivity contribution in [1.82, 2.24) is 8.87 Å². The third-order valence-electron chi connectivity index (χ3n) is 2.58. The zero-order valence-corrected chi connectivity index (χ0v) is 11.8. The maximum atomic E-state index is 12.4. The normalized spacial score (nSPS) is 12.9. The second kappa shape index (κ2) is 6.03. The highest BCUT2D eigenvalue weighted by atomic mass is 32.2. The van der Waals surface area contributed by atoms with Crippen LogP contribution in [0.4, 0.5) is 13.2 Å². The van der Waals surface area contributed by atoms with E-state index in [1.165, 1.54) is 7.05 Å². The molecule has 7 nitrogen and oxygen atoms in total. The third-order valence-corrected chi connectivity index (χ3v) is 4.39. The molecule has 0 bridgehead atoms. The van der Waals surface area contributed by atoms with Crippen molar-refractivity contribution in [1.29, 1.82) is 0 Å². The summed E-state index contributed by atoms with van der Waals surface area (Å²) in [5.41, 5.74) is 4.86. The lowest BCUT2D eigenvalue weighted by Gasteiger charge is -2.21. The van der Waals surface area contributed by atoms with Crippen molar-refractivity contribution in [2.45, 2.75) is 11.1 Å². The Kier molecular flexibility index (Phi) is 5.02. The Morgan fingerprint density at radius 2 is 2.05 bits per heavy atom. The molecule has 0 aliphatic rings. The number of aliphatic hydroxyl groups excluding tert-OH is 1. The number of hydrogen-bond donors (Lipinski definition) is 2. The predicted octanol–water partition coefficient (Wildman–Crippen LogP) is -0.331. The van der Waals surface area contributed by atoms with Crippen LogP contribution in [0.2, 0.25) is 0 Å². The first-order valence-electron chi connectivity index (χ1n) is 5.63. The fourth-order valence-electron chi connectivity index (χ4n) is 1.67. The zero-order valence-electron chi connectivity index (χ0n) is 11.0. The van der Waals surface area contributed by atoms with Crippen LogP contribution in [0.5, 0.6) is 0 Å². The van der Waals surface area contributed by atoms with Crippen LogP contribution in [0.1, 0.15) is 10.5 Å². The quantitative estimate of drug-likeness (QED) is 0.745. The molecule has 0 atom stereocenters. The van der Waals surface area contributed by atoms with Crippen molar-refractivity contribution in [3.05, 3.63) is 18.0 Å². The fourth-order valence-corrected chi connectivity index (χ4v) is 3.15. The fraction of sp³-hybridized carbons (Fsp3) is 0.500. The van der Waals surface area contributed by atoms with Gasteiger partial charge in [0.2, 0.25) is 10.0 Å². The molecule has 120 valence electrons. The van der Waals surface area contributed by atoms with Gasteiger partial charge in [0.15, 0.2) is 0 Å². The topological polar surface area (TPSA) is 106 Å². The third kappa shape index (κ3) is 4.19. The van der Waals surface area contributed by atoms with E-state index >= 15 is 0 Å². The molecule has 0 unspecified atom stereocenters. The van der Waals surface area contributed by atoms with Crippen LogP contribution in [0.3, 0.4) is 0 Å². The van der Waals surface area contributed by atoms with E-state index in [2.05, 4.69) is 0 Å². The molecule has 0 radical (unpaired) electrons. The number of rotatable bonds is 6. The molecule has 0 spiro atoms. The summed E-state index contributed by atoms with van der Waals surface area (Å²) in [5, 5.41) is 8.74. The minimum atomic E-state index is -4.76. The molecule has 0 aliphatic carbocycles. The van der Waals surface area contributed by atoms with Crippen molar-refractivity contribution in [2.75, 3.05) is 19.7 Å². The lowest BCUT2D eigenvalue weighted by molar-refractivity contribution is -0.136. The van der Waals surface area contributed by atoms with E-state index in [4.69, 9.17) is 10.8 Å². The van der Waals surface area contributed by atoms with Gasteiger partial charge in [-0.3, -0.25) is 4.79 Å². The van der Waals surface area contributed by atoms with Gasteiger partial charge in [-0.05, 0) is 6.07 Å². The summed E-state index contributed by atoms with van der Waals surface area (Å²) < 4.78 is 62.7. The second-order valence-corrected chi connectivity index (χ2v) is 6.15. The molecule has 0 saturated carbocycles. The summed E-state index contributed by atoms with van der Waals surface area (Å²) in [4.78, 5) is 10.6. The van der Waals surface area contributed by atoms with Crippen molar-refractivity contribution in [3.8, 4) is 0 Å². The SMILES string of the molecule is Cn1cc(S(=O)(=O)N(CCO)CC(F)(F)F)cc1C(N)=O. The Morgan fingerprint density at radius 3 is 2.43 bits per heavy atom. The number of halogens is 3. The lowest BCUT2D eigenvalue weighted by Crippen LogP contribution is -2.40. The Bertz CT molecular complexity index is 624. The average molecular weight is 329 g/mol. The standard InChI is InChI=1S/C10H14F3N3O4S/c1-15-5-7(4-8(15)9(14)18)21(19,20)16(2-3-17)6-10(11,12)13/h4-5,17H,2-3,6H2,1H3,(H2,14,18). The van der Waals surface area contributed by atoms with E-state index < -0.39 is 46.7 Å². The minimum absolute atomic E-state index is 0.0904. The molecule has 1 aromatic rings. The van der Waals surface area contributed by atoms with Crippen molar-refractivity contribution in [3.63, 3.8) is 0 Å². The Balaban J connectivity index is 3.23. The van der Waals surface area contributed by atoms with Gasteiger partial charge >= 0.3 is 6.18 Å². The van der Waals surface area contributed by atoms with Crippen molar-refractivity contribution >= 4 is 15.9 Å². The first-order valence-corrected chi connectivity index (χ1v) is 7.07. The molecule has 1 heterocycles. The Morgan fingerprint density at radius 1 is 1.48 bits per heavy atom. The molecule has 11 heteroatoms. The van der Waals surface area contributed by atoms with Gasteiger partial charge in [-0.25, -0.2) is 8.42 Å². The van der Waals surface area contributed by atoms with Crippen LogP contribution in [0.25, 0.3) is 0 Å². The highest BCUT2D eigenvalue weighted by molar-refractivity contribution is 7.89. The molecular weight excluding hydrogens is 315 g/mol. The summed E-state index contributed by atoms with van der Waals surface area (Å²) in [6.45, 7) is -3.23. The van der Waals surface area contributed by atoms with Crippen LogP contribution in [-0.2, 0) is 17.1 Å². The Labute approximate surface area is 118 Å². The number of sulfonamides is 1. The maximum absolute atomic E-state index is 12.4. The van der Waals surface area contributed by atoms with Gasteiger partial charge in [-0.15, -0.1) is 0 Å². The molecule has 3 N–H and O–H groups in total. The van der Waals surface area contributed by atoms with E-state index in [9.17, 15) is 26.4 Å². The maximum Gasteiger partial charge on any atom is 0.402 e. The van der Waals surface area contributed by atoms with Crippen LogP contribution >= 0.6 is 0 Å². The predicted molar refractivity (Wildman–Crippen MR) is 65.8 cm³/mol. The molecule has 1 rings (SSSR count). The monoisotopic (exact) mass is 329 g/mol. The average Bonchev–Trinajstić information content (AvgIpc) is 2.69. The molecule has 1 aromatic heterocycles. The van der Waals surface area contributed by atoms with Crippen LogP contribution < -0.4 is 5.73 Å². The molecule has 0 fully saturated rings. The van der Waals surface area contributed by atoms with Crippen molar-refractivity contribution in [2.24, 2.45) is 12.8 Å². The number of nitrogens with zero attached hydrogens (tertiary/aromatic N) is 2. The largest absolute Gasteiger partial charge is 0.402 e. The minimum Gasteiger partial charge on any atom is -0.395 e. The second-order valence-electron chi connectivity index (χ2n) is 4.21. The number of primary amides is 1. The van der Waals surface area contributed by atoms with Gasteiger partial charge in [0.05, 0.1) is 6.61 Å². The van der Waals surface area contributed by atoms with Gasteiger partial charge in [0, 0.05) is 19.8 Å². The molecule has 0 saturated heterocycles. The number of carbonyl (C=O) groups excluding carboxylic acids is 1. The first kappa shape index (κ1) is 17.5. The Hall–Kier alpha value is -1.59. The van der Waals surface area contributed by atoms with E-state index in [1.807, 2.05) is 0 Å². The number of carbonyl (C=O) groups is 1. The van der Waals surface area contributed by atoms with Crippen LogP contribution in [0.15, 0.2) is 17.2 Å². The van der Waals surface area contributed by atoms with Crippen LogP contribution in [-0.4, -0.2) is 54.2 Å². The molecule has 1 amide bonds. The van der Waals surface area contributed by atoms with Crippen LogP contribution in [0, 0.1) is 0 Å². The number of hydrogen-bond acceptors (Lipinski definition) is 4. The van der Waals surface area contributed by atoms with Gasteiger partial charge in [0.1, 0.15) is 17.1 Å². The first-order chi connectivity index (χ1) is 9.49. The summed E-state index contributed by atoms with van der Waals surface area (Å²) in [6, 6.07) is 0.887. The highest BCUT2D eigenvalue weighted by Crippen LogP contribution is 2.23. The molecule has 21 heavy (non-hydrogen) atoms. The smallest absolute Gasteiger partial charge is 0.395 e. The molecule has 0 aliphatic heterocycles. The number of aromatic nitrogens is 1.